The van der Waals surface area contributed by atoms with Gasteiger partial charge >= 0.3 is 0 Å². The van der Waals surface area contributed by atoms with Gasteiger partial charge in [-0.2, -0.15) is 0 Å². The maximum absolute atomic E-state index is 12.1. The van der Waals surface area contributed by atoms with Crippen LogP contribution in [0.1, 0.15) is 15.9 Å². The van der Waals surface area contributed by atoms with Crippen molar-refractivity contribution in [3.8, 4) is 5.75 Å². The molecule has 0 spiro atoms. The number of para-hydroxylation sites is 1. The third-order valence-corrected chi connectivity index (χ3v) is 3.06. The van der Waals surface area contributed by atoms with Crippen LogP contribution in [0.5, 0.6) is 5.75 Å². The van der Waals surface area contributed by atoms with Crippen molar-refractivity contribution in [1.29, 1.82) is 0 Å². The van der Waals surface area contributed by atoms with Crippen LogP contribution < -0.4 is 15.4 Å². The number of aryl methyl sites for hydroxylation is 1. The van der Waals surface area contributed by atoms with Crippen molar-refractivity contribution in [2.24, 2.45) is 0 Å². The van der Waals surface area contributed by atoms with E-state index >= 15 is 0 Å². The summed E-state index contributed by atoms with van der Waals surface area (Å²) in [5.74, 6) is 0.514. The predicted octanol–water partition coefficient (Wildman–Crippen LogP) is 2.37. The zero-order chi connectivity index (χ0) is 15.8. The van der Waals surface area contributed by atoms with Gasteiger partial charge in [0.05, 0.1) is 17.8 Å². The number of carbonyl (C=O) groups is 2. The van der Waals surface area contributed by atoms with E-state index in [-0.39, 0.29) is 5.91 Å². The predicted molar refractivity (Wildman–Crippen MR) is 85.1 cm³/mol. The molecule has 2 rings (SSSR count). The molecule has 0 fully saturated rings. The summed E-state index contributed by atoms with van der Waals surface area (Å²) in [5.41, 5.74) is 2.07. The second kappa shape index (κ2) is 7.83. The average Bonchev–Trinajstić information content (AvgIpc) is 2.54. The highest BCUT2D eigenvalue weighted by atomic mass is 16.5. The van der Waals surface area contributed by atoms with Gasteiger partial charge in [0.15, 0.2) is 0 Å². The van der Waals surface area contributed by atoms with Gasteiger partial charge in [0.2, 0.25) is 6.41 Å². The molecule has 2 N–H and O–H groups in total. The molecular formula is C17H18N2O3. The van der Waals surface area contributed by atoms with Gasteiger partial charge < -0.3 is 15.4 Å². The van der Waals surface area contributed by atoms with E-state index in [9.17, 15) is 9.59 Å². The fourth-order valence-corrected chi connectivity index (χ4v) is 1.93. The lowest BCUT2D eigenvalue weighted by molar-refractivity contribution is -0.105. The minimum Gasteiger partial charge on any atom is -0.492 e. The first-order valence-corrected chi connectivity index (χ1v) is 6.97. The first-order valence-electron chi connectivity index (χ1n) is 6.97. The number of amides is 2. The zero-order valence-corrected chi connectivity index (χ0v) is 12.3. The largest absolute Gasteiger partial charge is 0.492 e. The zero-order valence-electron chi connectivity index (χ0n) is 12.3. The second-order valence-electron chi connectivity index (χ2n) is 4.73. The highest BCUT2D eigenvalue weighted by molar-refractivity contribution is 6.01. The van der Waals surface area contributed by atoms with E-state index in [0.29, 0.717) is 30.8 Å². The van der Waals surface area contributed by atoms with E-state index in [1.807, 2.05) is 31.2 Å². The number of ether oxygens (including phenoxy) is 1. The Kier molecular flexibility index (Phi) is 5.54. The third-order valence-electron chi connectivity index (χ3n) is 3.06. The van der Waals surface area contributed by atoms with Gasteiger partial charge in [0, 0.05) is 0 Å². The summed E-state index contributed by atoms with van der Waals surface area (Å²) in [4.78, 5) is 22.6. The van der Waals surface area contributed by atoms with Crippen LogP contribution in [-0.2, 0) is 4.79 Å². The molecule has 0 atom stereocenters. The quantitative estimate of drug-likeness (QED) is 0.609. The number of hydrogen-bond donors (Lipinski definition) is 2. The fourth-order valence-electron chi connectivity index (χ4n) is 1.93. The van der Waals surface area contributed by atoms with Gasteiger partial charge in [0.25, 0.3) is 5.91 Å². The standard InChI is InChI=1S/C17H18N2O3/c1-13-6-8-14(9-7-13)22-11-10-18-17(21)15-4-2-3-5-16(15)19-12-20/h2-9,12H,10-11H2,1H3,(H,18,21)(H,19,20). The van der Waals surface area contributed by atoms with Gasteiger partial charge in [-0.3, -0.25) is 9.59 Å². The summed E-state index contributed by atoms with van der Waals surface area (Å²) >= 11 is 0. The molecule has 2 aromatic rings. The molecular weight excluding hydrogens is 280 g/mol. The van der Waals surface area contributed by atoms with Crippen LogP contribution in [-0.4, -0.2) is 25.5 Å². The Balaban J connectivity index is 1.83. The number of anilines is 1. The SMILES string of the molecule is Cc1ccc(OCCNC(=O)c2ccccc2NC=O)cc1. The molecule has 114 valence electrons. The van der Waals surface area contributed by atoms with Crippen LogP contribution in [0.2, 0.25) is 0 Å². The summed E-state index contributed by atoms with van der Waals surface area (Å²) in [6.07, 6.45) is 0.548. The smallest absolute Gasteiger partial charge is 0.253 e. The van der Waals surface area contributed by atoms with Crippen LogP contribution >= 0.6 is 0 Å². The van der Waals surface area contributed by atoms with E-state index in [4.69, 9.17) is 4.74 Å². The number of hydrogen-bond acceptors (Lipinski definition) is 3. The second-order valence-corrected chi connectivity index (χ2v) is 4.73. The van der Waals surface area contributed by atoms with E-state index < -0.39 is 0 Å². The maximum atomic E-state index is 12.1. The first-order chi connectivity index (χ1) is 10.7. The van der Waals surface area contributed by atoms with Crippen molar-refractivity contribution in [1.82, 2.24) is 5.32 Å². The Hall–Kier alpha value is -2.82. The summed E-state index contributed by atoms with van der Waals surface area (Å²) in [7, 11) is 0. The molecule has 5 heteroatoms. The molecule has 5 nitrogen and oxygen atoms in total. The normalized spacial score (nSPS) is 9.86. The Morgan fingerprint density at radius 3 is 2.59 bits per heavy atom. The maximum Gasteiger partial charge on any atom is 0.253 e. The third kappa shape index (κ3) is 4.34. The lowest BCUT2D eigenvalue weighted by atomic mass is 10.1. The molecule has 2 amide bonds. The Morgan fingerprint density at radius 1 is 1.14 bits per heavy atom. The van der Waals surface area contributed by atoms with Gasteiger partial charge in [-0.15, -0.1) is 0 Å². The lowest BCUT2D eigenvalue weighted by Crippen LogP contribution is -2.28. The molecule has 0 saturated heterocycles. The average molecular weight is 298 g/mol. The molecule has 0 bridgehead atoms. The molecule has 0 aliphatic heterocycles. The number of rotatable bonds is 7. The molecule has 0 aliphatic rings. The minimum absolute atomic E-state index is 0.252. The summed E-state index contributed by atoms with van der Waals surface area (Å²) < 4.78 is 5.54. The molecule has 0 aliphatic carbocycles. The van der Waals surface area contributed by atoms with Crippen LogP contribution in [0.15, 0.2) is 48.5 Å². The summed E-state index contributed by atoms with van der Waals surface area (Å²) in [6, 6.07) is 14.5. The first kappa shape index (κ1) is 15.6. The van der Waals surface area contributed by atoms with Gasteiger partial charge in [0.1, 0.15) is 12.4 Å². The van der Waals surface area contributed by atoms with E-state index in [1.54, 1.807) is 24.3 Å². The fraction of sp³-hybridized carbons (Fsp3) is 0.176. The van der Waals surface area contributed by atoms with E-state index in [2.05, 4.69) is 10.6 Å². The van der Waals surface area contributed by atoms with Crippen molar-refractivity contribution < 1.29 is 14.3 Å². The minimum atomic E-state index is -0.252. The summed E-state index contributed by atoms with van der Waals surface area (Å²) in [5, 5.41) is 5.27. The molecule has 22 heavy (non-hydrogen) atoms. The monoisotopic (exact) mass is 298 g/mol. The van der Waals surface area contributed by atoms with Crippen molar-refractivity contribution >= 4 is 18.0 Å². The van der Waals surface area contributed by atoms with Crippen LogP contribution in [0.4, 0.5) is 5.69 Å². The van der Waals surface area contributed by atoms with Crippen molar-refractivity contribution in [2.75, 3.05) is 18.5 Å². The van der Waals surface area contributed by atoms with Crippen LogP contribution in [0, 0.1) is 6.92 Å². The highest BCUT2D eigenvalue weighted by Crippen LogP contribution is 2.14. The van der Waals surface area contributed by atoms with Crippen LogP contribution in [0.25, 0.3) is 0 Å². The van der Waals surface area contributed by atoms with Crippen molar-refractivity contribution in [2.45, 2.75) is 6.92 Å². The van der Waals surface area contributed by atoms with Crippen molar-refractivity contribution in [3.63, 3.8) is 0 Å². The van der Waals surface area contributed by atoms with Gasteiger partial charge in [-0.1, -0.05) is 29.8 Å². The molecule has 2 aromatic carbocycles. The number of carbonyl (C=O) groups excluding carboxylic acids is 2. The van der Waals surface area contributed by atoms with E-state index in [0.717, 1.165) is 5.75 Å². The highest BCUT2D eigenvalue weighted by Gasteiger charge is 2.09. The Bertz CT molecular complexity index is 639. The number of benzene rings is 2. The van der Waals surface area contributed by atoms with Crippen molar-refractivity contribution in [3.05, 3.63) is 59.7 Å². The molecule has 0 unspecified atom stereocenters. The molecule has 0 saturated carbocycles. The van der Waals surface area contributed by atoms with Gasteiger partial charge in [-0.25, -0.2) is 0 Å². The Labute approximate surface area is 129 Å². The van der Waals surface area contributed by atoms with E-state index in [1.165, 1.54) is 5.56 Å². The number of nitrogens with one attached hydrogen (secondary N) is 2. The topological polar surface area (TPSA) is 67.4 Å². The van der Waals surface area contributed by atoms with Crippen LogP contribution in [0.3, 0.4) is 0 Å². The molecule has 0 radical (unpaired) electrons. The van der Waals surface area contributed by atoms with Gasteiger partial charge in [-0.05, 0) is 31.2 Å². The molecule has 0 aromatic heterocycles. The Morgan fingerprint density at radius 2 is 1.86 bits per heavy atom. The summed E-state index contributed by atoms with van der Waals surface area (Å²) in [6.45, 7) is 2.76. The molecule has 0 heterocycles. The lowest BCUT2D eigenvalue weighted by Gasteiger charge is -2.10.